The van der Waals surface area contributed by atoms with Crippen LogP contribution in [0.25, 0.3) is 0 Å². The molecule has 0 fully saturated rings. The molecule has 0 saturated carbocycles. The second kappa shape index (κ2) is 9.94. The zero-order valence-electron chi connectivity index (χ0n) is 16.0. The van der Waals surface area contributed by atoms with E-state index < -0.39 is 0 Å². The Morgan fingerprint density at radius 3 is 2.59 bits per heavy atom. The second-order valence-corrected chi connectivity index (χ2v) is 8.46. The van der Waals surface area contributed by atoms with E-state index in [-0.39, 0.29) is 24.1 Å². The van der Waals surface area contributed by atoms with Crippen LogP contribution in [-0.4, -0.2) is 33.7 Å². The highest BCUT2D eigenvalue weighted by Crippen LogP contribution is 2.22. The predicted molar refractivity (Wildman–Crippen MR) is 113 cm³/mol. The number of aromatic nitrogens is 2. The van der Waals surface area contributed by atoms with Gasteiger partial charge in [-0.1, -0.05) is 37.7 Å². The van der Waals surface area contributed by atoms with Crippen LogP contribution in [0.4, 0.5) is 5.69 Å². The molecule has 2 rings (SSSR count). The van der Waals surface area contributed by atoms with Gasteiger partial charge in [-0.25, -0.2) is 4.98 Å². The van der Waals surface area contributed by atoms with Gasteiger partial charge in [0.25, 0.3) is 0 Å². The average molecular weight is 453 g/mol. The van der Waals surface area contributed by atoms with Crippen LogP contribution in [0.3, 0.4) is 0 Å². The number of anilines is 1. The van der Waals surface area contributed by atoms with Crippen molar-refractivity contribution < 1.29 is 9.59 Å². The van der Waals surface area contributed by atoms with Crippen LogP contribution in [0, 0.1) is 19.8 Å². The maximum Gasteiger partial charge on any atom is 0.243 e. The predicted octanol–water partition coefficient (Wildman–Crippen LogP) is 3.77. The summed E-state index contributed by atoms with van der Waals surface area (Å²) >= 11 is 4.76. The number of carbonyl (C=O) groups excluding carboxylic acids is 2. The van der Waals surface area contributed by atoms with Crippen LogP contribution in [0.5, 0.6) is 0 Å². The van der Waals surface area contributed by atoms with E-state index in [1.807, 2.05) is 32.0 Å². The van der Waals surface area contributed by atoms with Gasteiger partial charge in [-0.2, -0.15) is 0 Å². The molecule has 1 aromatic heterocycles. The maximum atomic E-state index is 12.1. The summed E-state index contributed by atoms with van der Waals surface area (Å²) in [7, 11) is 0. The maximum absolute atomic E-state index is 12.1. The van der Waals surface area contributed by atoms with Gasteiger partial charge >= 0.3 is 0 Å². The molecule has 0 unspecified atom stereocenters. The summed E-state index contributed by atoms with van der Waals surface area (Å²) in [5.74, 6) is 0.243. The van der Waals surface area contributed by atoms with Gasteiger partial charge in [0.2, 0.25) is 11.8 Å². The van der Waals surface area contributed by atoms with Gasteiger partial charge in [0, 0.05) is 16.7 Å². The smallest absolute Gasteiger partial charge is 0.243 e. The number of hydrogen-bond donors (Lipinski definition) is 2. The van der Waals surface area contributed by atoms with E-state index in [9.17, 15) is 9.59 Å². The molecule has 0 atom stereocenters. The fourth-order valence-electron chi connectivity index (χ4n) is 2.43. The molecule has 0 radical (unpaired) electrons. The minimum atomic E-state index is -0.270. The quantitative estimate of drug-likeness (QED) is 0.597. The van der Waals surface area contributed by atoms with Gasteiger partial charge in [0.05, 0.1) is 23.7 Å². The Balaban J connectivity index is 1.84. The molecule has 0 aliphatic heterocycles. The normalized spacial score (nSPS) is 10.9. The third-order valence-electron chi connectivity index (χ3n) is 3.90. The molecule has 1 heterocycles. The largest absolute Gasteiger partial charge is 0.346 e. The minimum Gasteiger partial charge on any atom is -0.346 e. The molecule has 2 N–H and O–H groups in total. The Morgan fingerprint density at radius 1 is 1.22 bits per heavy atom. The van der Waals surface area contributed by atoms with E-state index in [4.69, 9.17) is 0 Å². The highest BCUT2D eigenvalue weighted by molar-refractivity contribution is 9.10. The number of aryl methyl sites for hydroxylation is 1. The molecule has 146 valence electrons. The van der Waals surface area contributed by atoms with E-state index in [1.165, 1.54) is 11.8 Å². The molecule has 0 bridgehead atoms. The summed E-state index contributed by atoms with van der Waals surface area (Å²) in [6.45, 7) is 9.12. The number of imidazole rings is 1. The van der Waals surface area contributed by atoms with E-state index in [0.29, 0.717) is 11.6 Å². The Hall–Kier alpha value is -1.80. The van der Waals surface area contributed by atoms with Crippen molar-refractivity contribution >= 4 is 45.2 Å². The zero-order valence-corrected chi connectivity index (χ0v) is 18.4. The second-order valence-electron chi connectivity index (χ2n) is 6.66. The number of thioether (sulfide) groups is 1. The molecule has 27 heavy (non-hydrogen) atoms. The number of benzene rings is 1. The lowest BCUT2D eigenvalue weighted by Crippen LogP contribution is -2.34. The van der Waals surface area contributed by atoms with Gasteiger partial charge in [-0.05, 0) is 47.8 Å². The van der Waals surface area contributed by atoms with E-state index in [2.05, 4.69) is 50.0 Å². The van der Waals surface area contributed by atoms with Crippen molar-refractivity contribution in [2.24, 2.45) is 5.92 Å². The van der Waals surface area contributed by atoms with Crippen LogP contribution >= 0.6 is 27.7 Å². The van der Waals surface area contributed by atoms with E-state index >= 15 is 0 Å². The zero-order chi connectivity index (χ0) is 20.0. The molecule has 0 aliphatic rings. The van der Waals surface area contributed by atoms with Crippen molar-refractivity contribution in [1.82, 2.24) is 14.9 Å². The Bertz CT molecular complexity index is 820. The molecule has 1 aromatic carbocycles. The number of rotatable bonds is 8. The number of nitrogens with zero attached hydrogens (tertiary/aromatic N) is 2. The minimum absolute atomic E-state index is 0.0702. The van der Waals surface area contributed by atoms with Crippen molar-refractivity contribution in [2.75, 3.05) is 17.6 Å². The third-order valence-corrected chi connectivity index (χ3v) is 5.56. The van der Waals surface area contributed by atoms with Crippen LogP contribution in [-0.2, 0) is 16.1 Å². The number of amides is 2. The lowest BCUT2D eigenvalue weighted by Gasteiger charge is -2.12. The molecule has 0 spiro atoms. The molecular weight excluding hydrogens is 428 g/mol. The summed E-state index contributed by atoms with van der Waals surface area (Å²) in [6, 6.07) is 7.33. The summed E-state index contributed by atoms with van der Waals surface area (Å²) in [5.41, 5.74) is 2.78. The topological polar surface area (TPSA) is 76.0 Å². The van der Waals surface area contributed by atoms with Gasteiger partial charge in [0.1, 0.15) is 0 Å². The van der Waals surface area contributed by atoms with Crippen molar-refractivity contribution in [3.63, 3.8) is 0 Å². The summed E-state index contributed by atoms with van der Waals surface area (Å²) in [6.07, 6.45) is 0. The Labute approximate surface area is 172 Å². The molecule has 2 amide bonds. The Morgan fingerprint density at radius 2 is 1.93 bits per heavy atom. The van der Waals surface area contributed by atoms with E-state index in [0.717, 1.165) is 27.6 Å². The van der Waals surface area contributed by atoms with Crippen LogP contribution in [0.1, 0.15) is 25.2 Å². The Kier molecular flexibility index (Phi) is 7.91. The highest BCUT2D eigenvalue weighted by Gasteiger charge is 2.15. The van der Waals surface area contributed by atoms with Crippen LogP contribution in [0.15, 0.2) is 33.9 Å². The van der Waals surface area contributed by atoms with Gasteiger partial charge < -0.3 is 15.2 Å². The number of carbonyl (C=O) groups is 2. The lowest BCUT2D eigenvalue weighted by atomic mass is 10.2. The molecule has 6 nitrogen and oxygen atoms in total. The van der Waals surface area contributed by atoms with Crippen molar-refractivity contribution in [3.05, 3.63) is 40.1 Å². The van der Waals surface area contributed by atoms with Gasteiger partial charge in [-0.3, -0.25) is 9.59 Å². The van der Waals surface area contributed by atoms with Gasteiger partial charge in [0.15, 0.2) is 5.16 Å². The first kappa shape index (κ1) is 21.5. The first-order valence-corrected chi connectivity index (χ1v) is 10.5. The third kappa shape index (κ3) is 6.39. The highest BCUT2D eigenvalue weighted by atomic mass is 79.9. The fraction of sp³-hybridized carbons (Fsp3) is 0.421. The summed E-state index contributed by atoms with van der Waals surface area (Å²) < 4.78 is 2.94. The van der Waals surface area contributed by atoms with Crippen LogP contribution in [0.2, 0.25) is 0 Å². The molecule has 0 aliphatic carbocycles. The monoisotopic (exact) mass is 452 g/mol. The number of hydrogen-bond acceptors (Lipinski definition) is 4. The van der Waals surface area contributed by atoms with Crippen molar-refractivity contribution in [2.45, 2.75) is 39.4 Å². The standard InChI is InChI=1S/C19H25BrN4O2S/c1-12(2)10-24-14(4)13(3)22-19(24)27-11-18(26)21-9-17(25)23-16-8-6-5-7-15(16)20/h5-8,12H,9-11H2,1-4H3,(H,21,26)(H,23,25). The van der Waals surface area contributed by atoms with Gasteiger partial charge in [-0.15, -0.1) is 0 Å². The van der Waals surface area contributed by atoms with Crippen molar-refractivity contribution in [1.29, 1.82) is 0 Å². The molecule has 8 heteroatoms. The SMILES string of the molecule is Cc1nc(SCC(=O)NCC(=O)Nc2ccccc2Br)n(CC(C)C)c1C. The summed E-state index contributed by atoms with van der Waals surface area (Å²) in [4.78, 5) is 28.7. The average Bonchev–Trinajstić information content (AvgIpc) is 2.87. The fourth-order valence-corrected chi connectivity index (χ4v) is 3.75. The number of para-hydroxylation sites is 1. The molecule has 2 aromatic rings. The molecule has 0 saturated heterocycles. The number of halogens is 1. The van der Waals surface area contributed by atoms with Crippen molar-refractivity contribution in [3.8, 4) is 0 Å². The van der Waals surface area contributed by atoms with E-state index in [1.54, 1.807) is 6.07 Å². The first-order chi connectivity index (χ1) is 12.8. The first-order valence-electron chi connectivity index (χ1n) is 8.75. The molecular formula is C19H25BrN4O2S. The number of nitrogens with one attached hydrogen (secondary N) is 2. The summed E-state index contributed by atoms with van der Waals surface area (Å²) in [5, 5.41) is 6.25. The lowest BCUT2D eigenvalue weighted by molar-refractivity contribution is -0.122. The van der Waals surface area contributed by atoms with Crippen LogP contribution < -0.4 is 10.6 Å².